The molecule has 1 aliphatic carbocycles. The largest absolute Gasteiger partial charge is 0.416 e. The minimum Gasteiger partial charge on any atom is -0.410 e. The standard InChI is InChI=1S/C22H33F3N2O3/c1-21(2,15-28)26-14-17-6-4-16(5-7-17)12-13-27(3)20(29)30-19-10-8-18(9-11-19)22(23,24)25/h8-11,16-17,26,28H,4-7,12-15H2,1-3H3. The van der Waals surface area contributed by atoms with E-state index in [4.69, 9.17) is 4.74 Å². The summed E-state index contributed by atoms with van der Waals surface area (Å²) >= 11 is 0. The number of nitrogens with zero attached hydrogens (tertiary/aromatic N) is 1. The van der Waals surface area contributed by atoms with Gasteiger partial charge >= 0.3 is 12.3 Å². The number of carbonyl (C=O) groups is 1. The van der Waals surface area contributed by atoms with Crippen LogP contribution < -0.4 is 10.1 Å². The van der Waals surface area contributed by atoms with Gasteiger partial charge in [0.05, 0.1) is 12.2 Å². The highest BCUT2D eigenvalue weighted by Crippen LogP contribution is 2.32. The number of alkyl halides is 3. The summed E-state index contributed by atoms with van der Waals surface area (Å²) in [4.78, 5) is 13.6. The van der Waals surface area contributed by atoms with Gasteiger partial charge in [-0.2, -0.15) is 13.2 Å². The van der Waals surface area contributed by atoms with E-state index in [1.165, 1.54) is 4.90 Å². The maximum absolute atomic E-state index is 12.6. The molecular formula is C22H33F3N2O3. The monoisotopic (exact) mass is 430 g/mol. The molecule has 1 aliphatic rings. The Balaban J connectivity index is 1.69. The van der Waals surface area contributed by atoms with Gasteiger partial charge in [-0.05, 0) is 75.8 Å². The second-order valence-electron chi connectivity index (χ2n) is 8.91. The summed E-state index contributed by atoms with van der Waals surface area (Å²) in [5.74, 6) is 1.25. The minimum atomic E-state index is -4.41. The molecule has 0 bridgehead atoms. The van der Waals surface area contributed by atoms with E-state index in [0.29, 0.717) is 18.4 Å². The van der Waals surface area contributed by atoms with Gasteiger partial charge in [0, 0.05) is 19.1 Å². The lowest BCUT2D eigenvalue weighted by molar-refractivity contribution is -0.137. The second kappa shape index (κ2) is 10.5. The normalized spacial score (nSPS) is 20.1. The highest BCUT2D eigenvalue weighted by molar-refractivity contribution is 5.70. The van der Waals surface area contributed by atoms with E-state index < -0.39 is 17.8 Å². The highest BCUT2D eigenvalue weighted by atomic mass is 19.4. The fourth-order valence-corrected chi connectivity index (χ4v) is 3.56. The molecule has 8 heteroatoms. The van der Waals surface area contributed by atoms with Gasteiger partial charge in [0.25, 0.3) is 0 Å². The predicted octanol–water partition coefficient (Wildman–Crippen LogP) is 4.69. The lowest BCUT2D eigenvalue weighted by Crippen LogP contribution is -2.45. The number of nitrogens with one attached hydrogen (secondary N) is 1. The van der Waals surface area contributed by atoms with Crippen molar-refractivity contribution < 1.29 is 27.8 Å². The van der Waals surface area contributed by atoms with Crippen LogP contribution in [-0.4, -0.2) is 48.4 Å². The van der Waals surface area contributed by atoms with Gasteiger partial charge in [-0.1, -0.05) is 12.8 Å². The number of hydrogen-bond acceptors (Lipinski definition) is 4. The Kier molecular flexibility index (Phi) is 8.55. The number of hydrogen-bond donors (Lipinski definition) is 2. The van der Waals surface area contributed by atoms with Crippen LogP contribution in [0, 0.1) is 11.8 Å². The van der Waals surface area contributed by atoms with Gasteiger partial charge in [-0.25, -0.2) is 4.79 Å². The number of aliphatic hydroxyl groups excluding tert-OH is 1. The first-order valence-electron chi connectivity index (χ1n) is 10.5. The van der Waals surface area contributed by atoms with E-state index in [2.05, 4.69) is 5.32 Å². The fraction of sp³-hybridized carbons (Fsp3) is 0.682. The zero-order valence-corrected chi connectivity index (χ0v) is 18.0. The molecule has 0 atom stereocenters. The molecule has 30 heavy (non-hydrogen) atoms. The summed E-state index contributed by atoms with van der Waals surface area (Å²) < 4.78 is 42.9. The molecule has 1 fully saturated rings. The summed E-state index contributed by atoms with van der Waals surface area (Å²) in [6, 6.07) is 4.11. The van der Waals surface area contributed by atoms with Crippen molar-refractivity contribution in [2.24, 2.45) is 11.8 Å². The van der Waals surface area contributed by atoms with Crippen molar-refractivity contribution in [3.63, 3.8) is 0 Å². The number of rotatable bonds is 8. The molecule has 2 rings (SSSR count). The number of aliphatic hydroxyl groups is 1. The molecule has 170 valence electrons. The molecule has 0 saturated heterocycles. The van der Waals surface area contributed by atoms with Crippen LogP contribution in [-0.2, 0) is 6.18 Å². The summed E-state index contributed by atoms with van der Waals surface area (Å²) in [5.41, 5.74) is -1.03. The van der Waals surface area contributed by atoms with Gasteiger partial charge in [0.2, 0.25) is 0 Å². The second-order valence-corrected chi connectivity index (χ2v) is 8.91. The summed E-state index contributed by atoms with van der Waals surface area (Å²) in [7, 11) is 1.64. The maximum atomic E-state index is 12.6. The Morgan fingerprint density at radius 2 is 1.70 bits per heavy atom. The van der Waals surface area contributed by atoms with Crippen molar-refractivity contribution in [3.05, 3.63) is 29.8 Å². The first kappa shape index (κ1) is 24.5. The number of amides is 1. The van der Waals surface area contributed by atoms with Crippen LogP contribution in [0.5, 0.6) is 5.75 Å². The van der Waals surface area contributed by atoms with Crippen molar-refractivity contribution in [3.8, 4) is 5.75 Å². The maximum Gasteiger partial charge on any atom is 0.416 e. The smallest absolute Gasteiger partial charge is 0.410 e. The third-order valence-electron chi connectivity index (χ3n) is 5.80. The zero-order chi connectivity index (χ0) is 22.4. The molecule has 0 aromatic heterocycles. The molecule has 0 unspecified atom stereocenters. The van der Waals surface area contributed by atoms with E-state index in [1.807, 2.05) is 13.8 Å². The van der Waals surface area contributed by atoms with Crippen molar-refractivity contribution in [2.75, 3.05) is 26.7 Å². The van der Waals surface area contributed by atoms with Crippen molar-refractivity contribution >= 4 is 6.09 Å². The van der Waals surface area contributed by atoms with Crippen LogP contribution in [0.15, 0.2) is 24.3 Å². The van der Waals surface area contributed by atoms with Gasteiger partial charge in [-0.15, -0.1) is 0 Å². The molecule has 5 nitrogen and oxygen atoms in total. The Labute approximate surface area is 176 Å². The Hall–Kier alpha value is -1.80. The van der Waals surface area contributed by atoms with Crippen LogP contribution in [0.25, 0.3) is 0 Å². The molecule has 0 radical (unpaired) electrons. The van der Waals surface area contributed by atoms with Crippen LogP contribution in [0.1, 0.15) is 51.5 Å². The summed E-state index contributed by atoms with van der Waals surface area (Å²) in [5, 5.41) is 12.7. The third-order valence-corrected chi connectivity index (χ3v) is 5.80. The highest BCUT2D eigenvalue weighted by Gasteiger charge is 2.30. The predicted molar refractivity (Wildman–Crippen MR) is 109 cm³/mol. The van der Waals surface area contributed by atoms with Crippen LogP contribution >= 0.6 is 0 Å². The summed E-state index contributed by atoms with van der Waals surface area (Å²) in [6.07, 6.45) is 0.350. The Morgan fingerprint density at radius 1 is 1.13 bits per heavy atom. The molecule has 1 saturated carbocycles. The fourth-order valence-electron chi connectivity index (χ4n) is 3.56. The molecule has 0 heterocycles. The van der Waals surface area contributed by atoms with E-state index >= 15 is 0 Å². The van der Waals surface area contributed by atoms with E-state index in [9.17, 15) is 23.1 Å². The lowest BCUT2D eigenvalue weighted by atomic mass is 9.80. The van der Waals surface area contributed by atoms with Gasteiger partial charge in [0.1, 0.15) is 5.75 Å². The molecule has 0 spiro atoms. The molecule has 1 aromatic carbocycles. The third kappa shape index (κ3) is 7.80. The first-order chi connectivity index (χ1) is 14.0. The number of ether oxygens (including phenoxy) is 1. The molecule has 1 aromatic rings. The number of halogens is 3. The van der Waals surface area contributed by atoms with Crippen molar-refractivity contribution in [1.29, 1.82) is 0 Å². The Bertz CT molecular complexity index is 669. The van der Waals surface area contributed by atoms with E-state index in [1.54, 1.807) is 7.05 Å². The molecule has 0 aliphatic heterocycles. The lowest BCUT2D eigenvalue weighted by Gasteiger charge is -2.32. The zero-order valence-electron chi connectivity index (χ0n) is 18.0. The SMILES string of the molecule is CN(CCC1CCC(CNC(C)(C)CO)CC1)C(=O)Oc1ccc(C(F)(F)F)cc1. The van der Waals surface area contributed by atoms with E-state index in [-0.39, 0.29) is 17.9 Å². The van der Waals surface area contributed by atoms with Gasteiger partial charge < -0.3 is 20.1 Å². The van der Waals surface area contributed by atoms with E-state index in [0.717, 1.165) is 62.9 Å². The molecule has 2 N–H and O–H groups in total. The minimum absolute atomic E-state index is 0.0960. The van der Waals surface area contributed by atoms with Crippen LogP contribution in [0.4, 0.5) is 18.0 Å². The van der Waals surface area contributed by atoms with Crippen LogP contribution in [0.2, 0.25) is 0 Å². The topological polar surface area (TPSA) is 61.8 Å². The Morgan fingerprint density at radius 3 is 2.23 bits per heavy atom. The first-order valence-corrected chi connectivity index (χ1v) is 10.5. The van der Waals surface area contributed by atoms with Crippen molar-refractivity contribution in [1.82, 2.24) is 10.2 Å². The molecule has 1 amide bonds. The van der Waals surface area contributed by atoms with Gasteiger partial charge in [-0.3, -0.25) is 0 Å². The summed E-state index contributed by atoms with van der Waals surface area (Å²) in [6.45, 7) is 5.53. The molecular weight excluding hydrogens is 397 g/mol. The van der Waals surface area contributed by atoms with Gasteiger partial charge in [0.15, 0.2) is 0 Å². The number of benzene rings is 1. The van der Waals surface area contributed by atoms with Crippen molar-refractivity contribution in [2.45, 2.75) is 57.7 Å². The number of carbonyl (C=O) groups excluding carboxylic acids is 1. The average Bonchev–Trinajstić information content (AvgIpc) is 2.71. The average molecular weight is 431 g/mol. The quantitative estimate of drug-likeness (QED) is 0.628. The van der Waals surface area contributed by atoms with Crippen LogP contribution in [0.3, 0.4) is 0 Å².